The first-order valence-corrected chi connectivity index (χ1v) is 4.62. The Balaban J connectivity index is 0. The molecule has 0 unspecified atom stereocenters. The standard InChI is InChI=1S/C7H16N2O2.C2H6/c1-7(2,3)11-6(10)9-5-4-8;1-2/h4-5,8H2,1-3H3,(H,9,10);1-2H3. The Morgan fingerprint density at radius 1 is 1.38 bits per heavy atom. The van der Waals surface area contributed by atoms with Crippen molar-refractivity contribution in [2.24, 2.45) is 5.73 Å². The summed E-state index contributed by atoms with van der Waals surface area (Å²) in [4.78, 5) is 10.8. The molecule has 80 valence electrons. The van der Waals surface area contributed by atoms with Crippen molar-refractivity contribution in [2.45, 2.75) is 40.2 Å². The van der Waals surface area contributed by atoms with Gasteiger partial charge in [0, 0.05) is 13.1 Å². The number of hydrogen-bond acceptors (Lipinski definition) is 3. The molecule has 0 fully saturated rings. The van der Waals surface area contributed by atoms with Crippen LogP contribution in [0.3, 0.4) is 0 Å². The highest BCUT2D eigenvalue weighted by Crippen LogP contribution is 2.05. The maximum atomic E-state index is 10.8. The summed E-state index contributed by atoms with van der Waals surface area (Å²) in [6, 6.07) is 0. The predicted molar refractivity (Wildman–Crippen MR) is 54.6 cm³/mol. The van der Waals surface area contributed by atoms with Crippen LogP contribution in [0.1, 0.15) is 34.6 Å². The molecule has 0 rings (SSSR count). The summed E-state index contributed by atoms with van der Waals surface area (Å²) in [5.41, 5.74) is 4.74. The van der Waals surface area contributed by atoms with E-state index in [1.54, 1.807) is 0 Å². The first-order chi connectivity index (χ1) is 5.95. The summed E-state index contributed by atoms with van der Waals surface area (Å²) in [5, 5.41) is 2.50. The molecule has 3 N–H and O–H groups in total. The molecule has 13 heavy (non-hydrogen) atoms. The zero-order chi connectivity index (χ0) is 10.9. The molecule has 0 aromatic rings. The lowest BCUT2D eigenvalue weighted by Crippen LogP contribution is -2.35. The van der Waals surface area contributed by atoms with Gasteiger partial charge in [-0.3, -0.25) is 0 Å². The Kier molecular flexibility index (Phi) is 8.91. The average Bonchev–Trinajstić information content (AvgIpc) is 2.01. The molecule has 0 aromatic heterocycles. The maximum Gasteiger partial charge on any atom is 0.407 e. The molecule has 0 saturated heterocycles. The van der Waals surface area contributed by atoms with E-state index in [1.165, 1.54) is 0 Å². The Bertz CT molecular complexity index is 130. The fraction of sp³-hybridized carbons (Fsp3) is 0.889. The third-order valence-electron chi connectivity index (χ3n) is 0.813. The molecule has 0 aliphatic carbocycles. The number of amides is 1. The van der Waals surface area contributed by atoms with Crippen LogP contribution in [0.15, 0.2) is 0 Å². The molecule has 1 amide bonds. The highest BCUT2D eigenvalue weighted by molar-refractivity contribution is 5.67. The Hall–Kier alpha value is -0.770. The molecule has 0 aliphatic heterocycles. The van der Waals surface area contributed by atoms with Crippen LogP contribution in [0.4, 0.5) is 4.79 Å². The molecule has 4 heteroatoms. The van der Waals surface area contributed by atoms with Gasteiger partial charge in [0.1, 0.15) is 5.60 Å². The Labute approximate surface area is 80.8 Å². The van der Waals surface area contributed by atoms with Gasteiger partial charge in [0.15, 0.2) is 0 Å². The second kappa shape index (κ2) is 7.86. The van der Waals surface area contributed by atoms with E-state index < -0.39 is 11.7 Å². The van der Waals surface area contributed by atoms with Crippen LogP contribution < -0.4 is 11.1 Å². The summed E-state index contributed by atoms with van der Waals surface area (Å²) in [7, 11) is 0. The van der Waals surface area contributed by atoms with Crippen LogP contribution in [0.5, 0.6) is 0 Å². The quantitative estimate of drug-likeness (QED) is 0.693. The maximum absolute atomic E-state index is 10.8. The Morgan fingerprint density at radius 3 is 2.15 bits per heavy atom. The molecule has 0 atom stereocenters. The summed E-state index contributed by atoms with van der Waals surface area (Å²) in [6.45, 7) is 10.3. The monoisotopic (exact) mass is 190 g/mol. The lowest BCUT2D eigenvalue weighted by atomic mass is 10.2. The second-order valence-corrected chi connectivity index (χ2v) is 3.22. The zero-order valence-corrected chi connectivity index (χ0v) is 9.31. The summed E-state index contributed by atoms with van der Waals surface area (Å²) >= 11 is 0. The van der Waals surface area contributed by atoms with Gasteiger partial charge in [0.25, 0.3) is 0 Å². The van der Waals surface area contributed by atoms with E-state index in [9.17, 15) is 4.79 Å². The predicted octanol–water partition coefficient (Wildman–Crippen LogP) is 1.50. The SMILES string of the molecule is CC.CC(C)(C)OC(=O)NCCN. The van der Waals surface area contributed by atoms with E-state index in [0.717, 1.165) is 0 Å². The Morgan fingerprint density at radius 2 is 1.85 bits per heavy atom. The largest absolute Gasteiger partial charge is 0.444 e. The first kappa shape index (κ1) is 14.7. The molecule has 0 saturated carbocycles. The lowest BCUT2D eigenvalue weighted by molar-refractivity contribution is 0.0529. The van der Waals surface area contributed by atoms with E-state index in [4.69, 9.17) is 10.5 Å². The number of hydrogen-bond donors (Lipinski definition) is 2. The number of nitrogens with one attached hydrogen (secondary N) is 1. The average molecular weight is 190 g/mol. The molecule has 4 nitrogen and oxygen atoms in total. The normalized spacial score (nSPS) is 9.69. The fourth-order valence-electron chi connectivity index (χ4n) is 0.488. The molecule has 0 aromatic carbocycles. The minimum absolute atomic E-state index is 0.414. The van der Waals surface area contributed by atoms with Crippen LogP contribution in [-0.4, -0.2) is 24.8 Å². The van der Waals surface area contributed by atoms with Gasteiger partial charge in [0.05, 0.1) is 0 Å². The fourth-order valence-corrected chi connectivity index (χ4v) is 0.488. The van der Waals surface area contributed by atoms with Crippen molar-refractivity contribution in [3.05, 3.63) is 0 Å². The van der Waals surface area contributed by atoms with Crippen molar-refractivity contribution >= 4 is 6.09 Å². The third-order valence-corrected chi connectivity index (χ3v) is 0.813. The van der Waals surface area contributed by atoms with Crippen LogP contribution in [0, 0.1) is 0 Å². The zero-order valence-electron chi connectivity index (χ0n) is 9.31. The van der Waals surface area contributed by atoms with Gasteiger partial charge < -0.3 is 15.8 Å². The van der Waals surface area contributed by atoms with Crippen LogP contribution in [0.25, 0.3) is 0 Å². The molecule has 0 heterocycles. The van der Waals surface area contributed by atoms with Gasteiger partial charge in [-0.05, 0) is 20.8 Å². The van der Waals surface area contributed by atoms with Crippen molar-refractivity contribution in [2.75, 3.05) is 13.1 Å². The minimum atomic E-state index is -0.432. The molecule has 0 radical (unpaired) electrons. The van der Waals surface area contributed by atoms with Crippen molar-refractivity contribution in [3.8, 4) is 0 Å². The molecule has 0 aliphatic rings. The van der Waals surface area contributed by atoms with Gasteiger partial charge in [-0.2, -0.15) is 0 Å². The van der Waals surface area contributed by atoms with Crippen LogP contribution in [-0.2, 0) is 4.74 Å². The van der Waals surface area contributed by atoms with Crippen LogP contribution >= 0.6 is 0 Å². The van der Waals surface area contributed by atoms with Gasteiger partial charge in [-0.15, -0.1) is 0 Å². The van der Waals surface area contributed by atoms with E-state index >= 15 is 0 Å². The smallest absolute Gasteiger partial charge is 0.407 e. The summed E-state index contributed by atoms with van der Waals surface area (Å²) in [5.74, 6) is 0. The van der Waals surface area contributed by atoms with E-state index in [2.05, 4.69) is 5.32 Å². The van der Waals surface area contributed by atoms with E-state index in [1.807, 2.05) is 34.6 Å². The van der Waals surface area contributed by atoms with Crippen molar-refractivity contribution in [3.63, 3.8) is 0 Å². The van der Waals surface area contributed by atoms with E-state index in [-0.39, 0.29) is 0 Å². The number of ether oxygens (including phenoxy) is 1. The minimum Gasteiger partial charge on any atom is -0.444 e. The van der Waals surface area contributed by atoms with Crippen molar-refractivity contribution in [1.29, 1.82) is 0 Å². The number of carbonyl (C=O) groups is 1. The third kappa shape index (κ3) is 14.1. The van der Waals surface area contributed by atoms with Gasteiger partial charge >= 0.3 is 6.09 Å². The van der Waals surface area contributed by atoms with Gasteiger partial charge in [-0.25, -0.2) is 4.79 Å². The first-order valence-electron chi connectivity index (χ1n) is 4.62. The second-order valence-electron chi connectivity index (χ2n) is 3.22. The molecular weight excluding hydrogens is 168 g/mol. The van der Waals surface area contributed by atoms with Crippen molar-refractivity contribution < 1.29 is 9.53 Å². The highest BCUT2D eigenvalue weighted by Gasteiger charge is 2.14. The number of alkyl carbamates (subject to hydrolysis) is 1. The molecular formula is C9H22N2O2. The highest BCUT2D eigenvalue weighted by atomic mass is 16.6. The molecule has 0 spiro atoms. The van der Waals surface area contributed by atoms with Crippen molar-refractivity contribution in [1.82, 2.24) is 5.32 Å². The van der Waals surface area contributed by atoms with Gasteiger partial charge in [-0.1, -0.05) is 13.8 Å². The molecule has 0 bridgehead atoms. The summed E-state index contributed by atoms with van der Waals surface area (Å²) < 4.78 is 4.93. The van der Waals surface area contributed by atoms with E-state index in [0.29, 0.717) is 13.1 Å². The number of carbonyl (C=O) groups excluding carboxylic acids is 1. The topological polar surface area (TPSA) is 64.3 Å². The number of nitrogens with two attached hydrogens (primary N) is 1. The van der Waals surface area contributed by atoms with Gasteiger partial charge in [0.2, 0.25) is 0 Å². The summed E-state index contributed by atoms with van der Waals surface area (Å²) in [6.07, 6.45) is -0.414. The number of rotatable bonds is 2. The van der Waals surface area contributed by atoms with Crippen LogP contribution in [0.2, 0.25) is 0 Å². The lowest BCUT2D eigenvalue weighted by Gasteiger charge is -2.19.